The molecule has 0 spiro atoms. The Bertz CT molecular complexity index is 329. The third kappa shape index (κ3) is 2.59. The maximum absolute atomic E-state index is 11.7. The van der Waals surface area contributed by atoms with Gasteiger partial charge in [-0.25, -0.2) is 0 Å². The van der Waals surface area contributed by atoms with Gasteiger partial charge in [0.15, 0.2) is 5.78 Å². The average Bonchev–Trinajstić information content (AvgIpc) is 2.14. The average molecular weight is 192 g/mol. The normalized spacial score (nSPS) is 10.1. The number of rotatable bonds is 4. The van der Waals surface area contributed by atoms with Crippen LogP contribution in [0.1, 0.15) is 42.1 Å². The molecule has 0 saturated carbocycles. The SMILES string of the molecule is CCCCC(=O)c1ccc(O)cc1C. The van der Waals surface area contributed by atoms with Gasteiger partial charge in [-0.3, -0.25) is 4.79 Å². The number of Topliss-reactive ketones (excluding diaryl/α,β-unsaturated/α-hetero) is 1. The summed E-state index contributed by atoms with van der Waals surface area (Å²) in [7, 11) is 0. The van der Waals surface area contributed by atoms with Crippen molar-refractivity contribution in [1.29, 1.82) is 0 Å². The molecule has 0 aromatic heterocycles. The second-order valence-corrected chi connectivity index (χ2v) is 3.53. The molecule has 0 saturated heterocycles. The second-order valence-electron chi connectivity index (χ2n) is 3.53. The van der Waals surface area contributed by atoms with E-state index in [-0.39, 0.29) is 11.5 Å². The molecule has 14 heavy (non-hydrogen) atoms. The van der Waals surface area contributed by atoms with Crippen molar-refractivity contribution in [2.75, 3.05) is 0 Å². The lowest BCUT2D eigenvalue weighted by Gasteiger charge is -2.04. The summed E-state index contributed by atoms with van der Waals surface area (Å²) in [4.78, 5) is 11.7. The third-order valence-electron chi connectivity index (χ3n) is 2.27. The fourth-order valence-corrected chi connectivity index (χ4v) is 1.43. The van der Waals surface area contributed by atoms with E-state index in [9.17, 15) is 9.90 Å². The van der Waals surface area contributed by atoms with Gasteiger partial charge in [-0.1, -0.05) is 13.3 Å². The first-order chi connectivity index (χ1) is 6.65. The lowest BCUT2D eigenvalue weighted by atomic mass is 10.0. The Balaban J connectivity index is 2.80. The summed E-state index contributed by atoms with van der Waals surface area (Å²) in [5.74, 6) is 0.388. The van der Waals surface area contributed by atoms with Gasteiger partial charge in [-0.05, 0) is 37.1 Å². The Labute approximate surface area is 84.6 Å². The number of benzene rings is 1. The molecule has 0 fully saturated rings. The standard InChI is InChI=1S/C12H16O2/c1-3-4-5-12(14)11-7-6-10(13)8-9(11)2/h6-8,13H,3-5H2,1-2H3. The van der Waals surface area contributed by atoms with E-state index in [2.05, 4.69) is 6.92 Å². The summed E-state index contributed by atoms with van der Waals surface area (Å²) in [5, 5.41) is 9.18. The van der Waals surface area contributed by atoms with E-state index in [0.717, 1.165) is 24.0 Å². The molecular formula is C12H16O2. The van der Waals surface area contributed by atoms with E-state index in [1.807, 2.05) is 6.92 Å². The summed E-state index contributed by atoms with van der Waals surface area (Å²) < 4.78 is 0. The van der Waals surface area contributed by atoms with E-state index < -0.39 is 0 Å². The number of phenols is 1. The van der Waals surface area contributed by atoms with Gasteiger partial charge in [0.05, 0.1) is 0 Å². The summed E-state index contributed by atoms with van der Waals surface area (Å²) in [6.45, 7) is 3.91. The van der Waals surface area contributed by atoms with Crippen molar-refractivity contribution in [1.82, 2.24) is 0 Å². The topological polar surface area (TPSA) is 37.3 Å². The molecule has 0 amide bonds. The number of aromatic hydroxyl groups is 1. The number of hydrogen-bond acceptors (Lipinski definition) is 2. The number of phenolic OH excluding ortho intramolecular Hbond substituents is 1. The van der Waals surface area contributed by atoms with E-state index >= 15 is 0 Å². The summed E-state index contributed by atoms with van der Waals surface area (Å²) in [6, 6.07) is 4.88. The van der Waals surface area contributed by atoms with Crippen LogP contribution in [-0.2, 0) is 0 Å². The van der Waals surface area contributed by atoms with Crippen molar-refractivity contribution < 1.29 is 9.90 Å². The molecular weight excluding hydrogens is 176 g/mol. The molecule has 1 N–H and O–H groups in total. The van der Waals surface area contributed by atoms with Gasteiger partial charge in [-0.15, -0.1) is 0 Å². The van der Waals surface area contributed by atoms with E-state index in [1.54, 1.807) is 18.2 Å². The highest BCUT2D eigenvalue weighted by molar-refractivity contribution is 5.97. The van der Waals surface area contributed by atoms with Crippen LogP contribution in [0.3, 0.4) is 0 Å². The molecule has 2 heteroatoms. The van der Waals surface area contributed by atoms with Crippen LogP contribution in [0, 0.1) is 6.92 Å². The van der Waals surface area contributed by atoms with Gasteiger partial charge < -0.3 is 5.11 Å². The van der Waals surface area contributed by atoms with Gasteiger partial charge >= 0.3 is 0 Å². The Morgan fingerprint density at radius 2 is 2.14 bits per heavy atom. The van der Waals surface area contributed by atoms with Crippen LogP contribution >= 0.6 is 0 Å². The van der Waals surface area contributed by atoms with Crippen LogP contribution in [-0.4, -0.2) is 10.9 Å². The zero-order valence-electron chi connectivity index (χ0n) is 8.71. The zero-order chi connectivity index (χ0) is 10.6. The second kappa shape index (κ2) is 4.80. The van der Waals surface area contributed by atoms with Gasteiger partial charge in [0, 0.05) is 12.0 Å². The lowest BCUT2D eigenvalue weighted by Crippen LogP contribution is -2.00. The number of unbranched alkanes of at least 4 members (excludes halogenated alkanes) is 1. The molecule has 0 aliphatic carbocycles. The van der Waals surface area contributed by atoms with Crippen molar-refractivity contribution in [3.63, 3.8) is 0 Å². The molecule has 1 aromatic rings. The maximum Gasteiger partial charge on any atom is 0.163 e. The minimum atomic E-state index is 0.171. The number of ketones is 1. The highest BCUT2D eigenvalue weighted by Crippen LogP contribution is 2.17. The van der Waals surface area contributed by atoms with Crippen molar-refractivity contribution in [3.05, 3.63) is 29.3 Å². The van der Waals surface area contributed by atoms with E-state index in [1.165, 1.54) is 0 Å². The molecule has 0 radical (unpaired) electrons. The Hall–Kier alpha value is -1.31. The lowest BCUT2D eigenvalue weighted by molar-refractivity contribution is 0.0979. The predicted octanol–water partition coefficient (Wildman–Crippen LogP) is 3.07. The first kappa shape index (κ1) is 10.8. The van der Waals surface area contributed by atoms with Crippen molar-refractivity contribution in [2.24, 2.45) is 0 Å². The van der Waals surface area contributed by atoms with Crippen LogP contribution in [0.15, 0.2) is 18.2 Å². The van der Waals surface area contributed by atoms with E-state index in [0.29, 0.717) is 6.42 Å². The summed E-state index contributed by atoms with van der Waals surface area (Å²) in [5.41, 5.74) is 1.59. The van der Waals surface area contributed by atoms with Gasteiger partial charge in [-0.2, -0.15) is 0 Å². The molecule has 1 rings (SSSR count). The van der Waals surface area contributed by atoms with Crippen LogP contribution in [0.5, 0.6) is 5.75 Å². The number of aryl methyl sites for hydroxylation is 1. The highest BCUT2D eigenvalue weighted by Gasteiger charge is 2.08. The highest BCUT2D eigenvalue weighted by atomic mass is 16.3. The summed E-state index contributed by atoms with van der Waals surface area (Å²) >= 11 is 0. The molecule has 0 unspecified atom stereocenters. The van der Waals surface area contributed by atoms with Crippen molar-refractivity contribution in [2.45, 2.75) is 33.1 Å². The molecule has 2 nitrogen and oxygen atoms in total. The molecule has 0 bridgehead atoms. The zero-order valence-corrected chi connectivity index (χ0v) is 8.71. The molecule has 0 aliphatic heterocycles. The van der Waals surface area contributed by atoms with Gasteiger partial charge in [0.2, 0.25) is 0 Å². The minimum Gasteiger partial charge on any atom is -0.508 e. The summed E-state index contributed by atoms with van der Waals surface area (Å²) in [6.07, 6.45) is 2.56. The monoisotopic (exact) mass is 192 g/mol. The van der Waals surface area contributed by atoms with Gasteiger partial charge in [0.1, 0.15) is 5.75 Å². The van der Waals surface area contributed by atoms with Crippen molar-refractivity contribution in [3.8, 4) is 5.75 Å². The Kier molecular flexibility index (Phi) is 3.69. The molecule has 76 valence electrons. The molecule has 0 aliphatic rings. The maximum atomic E-state index is 11.7. The molecule has 0 heterocycles. The van der Waals surface area contributed by atoms with Crippen LogP contribution in [0.4, 0.5) is 0 Å². The number of hydrogen-bond donors (Lipinski definition) is 1. The fraction of sp³-hybridized carbons (Fsp3) is 0.417. The minimum absolute atomic E-state index is 0.171. The first-order valence-electron chi connectivity index (χ1n) is 4.98. The molecule has 0 atom stereocenters. The van der Waals surface area contributed by atoms with Crippen LogP contribution in [0.25, 0.3) is 0 Å². The van der Waals surface area contributed by atoms with E-state index in [4.69, 9.17) is 0 Å². The van der Waals surface area contributed by atoms with Crippen LogP contribution in [0.2, 0.25) is 0 Å². The quantitative estimate of drug-likeness (QED) is 0.744. The number of carbonyl (C=O) groups is 1. The Morgan fingerprint density at radius 3 is 2.71 bits per heavy atom. The first-order valence-corrected chi connectivity index (χ1v) is 4.98. The largest absolute Gasteiger partial charge is 0.508 e. The number of carbonyl (C=O) groups excluding carboxylic acids is 1. The third-order valence-corrected chi connectivity index (χ3v) is 2.27. The van der Waals surface area contributed by atoms with Crippen LogP contribution < -0.4 is 0 Å². The van der Waals surface area contributed by atoms with Gasteiger partial charge in [0.25, 0.3) is 0 Å². The van der Waals surface area contributed by atoms with Crippen molar-refractivity contribution >= 4 is 5.78 Å². The Morgan fingerprint density at radius 1 is 1.43 bits per heavy atom. The fourth-order valence-electron chi connectivity index (χ4n) is 1.43. The smallest absolute Gasteiger partial charge is 0.163 e. The predicted molar refractivity (Wildman–Crippen MR) is 56.7 cm³/mol. The molecule has 1 aromatic carbocycles.